The number of amides is 1. The van der Waals surface area contributed by atoms with E-state index in [0.29, 0.717) is 27.6 Å². The summed E-state index contributed by atoms with van der Waals surface area (Å²) >= 11 is 5.89. The van der Waals surface area contributed by atoms with Crippen LogP contribution in [-0.4, -0.2) is 37.4 Å². The Morgan fingerprint density at radius 2 is 2.06 bits per heavy atom. The van der Waals surface area contributed by atoms with Crippen LogP contribution in [0.4, 0.5) is 14.7 Å². The highest BCUT2D eigenvalue weighted by atomic mass is 35.5. The van der Waals surface area contributed by atoms with Crippen LogP contribution in [0.5, 0.6) is 5.75 Å². The Kier molecular flexibility index (Phi) is 6.08. The molecule has 0 bridgehead atoms. The van der Waals surface area contributed by atoms with E-state index < -0.39 is 12.5 Å². The van der Waals surface area contributed by atoms with Gasteiger partial charge in [0.25, 0.3) is 5.91 Å². The summed E-state index contributed by atoms with van der Waals surface area (Å²) in [4.78, 5) is 21.1. The molecule has 9 nitrogen and oxygen atoms in total. The number of hydrogen-bond acceptors (Lipinski definition) is 7. The SMILES string of the molecule is Cc1onc(C(=O)Nc2nccc(-c3ccc(OC(F)F)cc3)n2)c1Cn1cc(Cl)cn1. The van der Waals surface area contributed by atoms with Gasteiger partial charge in [0.2, 0.25) is 5.95 Å². The molecule has 12 heteroatoms. The van der Waals surface area contributed by atoms with Crippen LogP contribution >= 0.6 is 11.6 Å². The maximum absolute atomic E-state index is 12.8. The predicted molar refractivity (Wildman–Crippen MR) is 110 cm³/mol. The van der Waals surface area contributed by atoms with Crippen LogP contribution in [0.25, 0.3) is 11.3 Å². The van der Waals surface area contributed by atoms with Gasteiger partial charge in [0.1, 0.15) is 11.5 Å². The average molecular weight is 461 g/mol. The highest BCUT2D eigenvalue weighted by Crippen LogP contribution is 2.23. The summed E-state index contributed by atoms with van der Waals surface area (Å²) in [6.07, 6.45) is 4.55. The van der Waals surface area contributed by atoms with Crippen molar-refractivity contribution in [1.82, 2.24) is 24.9 Å². The smallest absolute Gasteiger partial charge is 0.387 e. The number of alkyl halides is 2. The fourth-order valence-electron chi connectivity index (χ4n) is 2.89. The maximum atomic E-state index is 12.8. The minimum atomic E-state index is -2.91. The second kappa shape index (κ2) is 9.10. The molecule has 0 spiro atoms. The van der Waals surface area contributed by atoms with Gasteiger partial charge in [-0.15, -0.1) is 0 Å². The van der Waals surface area contributed by atoms with Crippen molar-refractivity contribution >= 4 is 23.5 Å². The number of rotatable bonds is 7. The van der Waals surface area contributed by atoms with Gasteiger partial charge in [-0.2, -0.15) is 13.9 Å². The Labute approximate surface area is 185 Å². The Morgan fingerprint density at radius 3 is 2.75 bits per heavy atom. The highest BCUT2D eigenvalue weighted by Gasteiger charge is 2.21. The van der Waals surface area contributed by atoms with Gasteiger partial charge >= 0.3 is 6.61 Å². The predicted octanol–water partition coefficient (Wildman–Crippen LogP) is 4.19. The van der Waals surface area contributed by atoms with Gasteiger partial charge in [0, 0.05) is 23.5 Å². The number of anilines is 1. The zero-order chi connectivity index (χ0) is 22.7. The average Bonchev–Trinajstić information content (AvgIpc) is 3.34. The molecule has 3 aromatic heterocycles. The van der Waals surface area contributed by atoms with E-state index in [1.165, 1.54) is 24.5 Å². The van der Waals surface area contributed by atoms with Crippen molar-refractivity contribution in [2.24, 2.45) is 0 Å². The second-order valence-electron chi connectivity index (χ2n) is 6.54. The Balaban J connectivity index is 1.51. The van der Waals surface area contributed by atoms with Crippen molar-refractivity contribution in [2.75, 3.05) is 5.32 Å². The molecular weight excluding hydrogens is 446 g/mol. The third kappa shape index (κ3) is 4.89. The number of carbonyl (C=O) groups excluding carboxylic acids is 1. The molecule has 4 aromatic rings. The van der Waals surface area contributed by atoms with Crippen molar-refractivity contribution in [2.45, 2.75) is 20.1 Å². The first-order valence-corrected chi connectivity index (χ1v) is 9.59. The third-order valence-corrected chi connectivity index (χ3v) is 4.57. The summed E-state index contributed by atoms with van der Waals surface area (Å²) < 4.78 is 35.7. The highest BCUT2D eigenvalue weighted by molar-refractivity contribution is 6.30. The van der Waals surface area contributed by atoms with E-state index in [1.807, 2.05) is 0 Å². The van der Waals surface area contributed by atoms with E-state index in [-0.39, 0.29) is 23.9 Å². The van der Waals surface area contributed by atoms with Crippen LogP contribution in [0.2, 0.25) is 5.02 Å². The molecule has 1 aromatic carbocycles. The van der Waals surface area contributed by atoms with Crippen molar-refractivity contribution in [1.29, 1.82) is 0 Å². The van der Waals surface area contributed by atoms with Crippen LogP contribution in [0, 0.1) is 6.92 Å². The molecule has 32 heavy (non-hydrogen) atoms. The summed E-state index contributed by atoms with van der Waals surface area (Å²) in [5, 5.41) is 11.0. The quantitative estimate of drug-likeness (QED) is 0.440. The van der Waals surface area contributed by atoms with E-state index in [2.05, 4.69) is 30.3 Å². The van der Waals surface area contributed by atoms with Crippen LogP contribution in [0.15, 0.2) is 53.4 Å². The van der Waals surface area contributed by atoms with E-state index in [1.54, 1.807) is 36.0 Å². The summed E-state index contributed by atoms with van der Waals surface area (Å²) in [7, 11) is 0. The maximum Gasteiger partial charge on any atom is 0.387 e. The lowest BCUT2D eigenvalue weighted by atomic mass is 10.1. The normalized spacial score (nSPS) is 11.0. The molecule has 164 valence electrons. The van der Waals surface area contributed by atoms with E-state index in [4.69, 9.17) is 16.1 Å². The van der Waals surface area contributed by atoms with E-state index in [0.717, 1.165) is 0 Å². The molecule has 0 atom stereocenters. The number of nitrogens with one attached hydrogen (secondary N) is 1. The molecule has 0 fully saturated rings. The summed E-state index contributed by atoms with van der Waals surface area (Å²) in [6, 6.07) is 7.55. The number of ether oxygens (including phenoxy) is 1. The molecule has 1 amide bonds. The molecule has 0 aliphatic carbocycles. The monoisotopic (exact) mass is 460 g/mol. The minimum absolute atomic E-state index is 0.0266. The molecule has 0 aliphatic heterocycles. The topological polar surface area (TPSA) is 108 Å². The molecule has 0 saturated carbocycles. The first kappa shape index (κ1) is 21.4. The Morgan fingerprint density at radius 1 is 1.28 bits per heavy atom. The standard InChI is InChI=1S/C20H15ClF2N6O3/c1-11-15(10-29-9-13(21)8-25-29)17(28-32-11)18(30)27-20-24-7-6-16(26-20)12-2-4-14(5-3-12)31-19(22)23/h2-9,19H,10H2,1H3,(H,24,26,27,30). The number of hydrogen-bond donors (Lipinski definition) is 1. The number of aryl methyl sites for hydroxylation is 1. The minimum Gasteiger partial charge on any atom is -0.435 e. The fourth-order valence-corrected chi connectivity index (χ4v) is 3.05. The molecule has 0 aliphatic rings. The third-order valence-electron chi connectivity index (χ3n) is 4.38. The van der Waals surface area contributed by atoms with Gasteiger partial charge in [0.15, 0.2) is 5.69 Å². The van der Waals surface area contributed by atoms with Gasteiger partial charge in [-0.05, 0) is 37.3 Å². The van der Waals surface area contributed by atoms with Crippen molar-refractivity contribution < 1.29 is 22.8 Å². The van der Waals surface area contributed by atoms with E-state index in [9.17, 15) is 13.6 Å². The summed E-state index contributed by atoms with van der Waals surface area (Å²) in [6.45, 7) is -0.987. The largest absolute Gasteiger partial charge is 0.435 e. The number of carbonyl (C=O) groups is 1. The van der Waals surface area contributed by atoms with Crippen LogP contribution < -0.4 is 10.1 Å². The zero-order valence-electron chi connectivity index (χ0n) is 16.5. The van der Waals surface area contributed by atoms with Crippen molar-refractivity contribution in [3.05, 3.63) is 71.0 Å². The molecule has 4 rings (SSSR count). The van der Waals surface area contributed by atoms with Gasteiger partial charge < -0.3 is 9.26 Å². The lowest BCUT2D eigenvalue weighted by molar-refractivity contribution is -0.0498. The first-order valence-electron chi connectivity index (χ1n) is 9.22. The number of benzene rings is 1. The number of nitrogens with zero attached hydrogens (tertiary/aromatic N) is 5. The van der Waals surface area contributed by atoms with Gasteiger partial charge in [-0.1, -0.05) is 16.8 Å². The lowest BCUT2D eigenvalue weighted by Gasteiger charge is -2.07. The molecule has 0 saturated heterocycles. The van der Waals surface area contributed by atoms with Gasteiger partial charge in [-0.3, -0.25) is 14.8 Å². The first-order chi connectivity index (χ1) is 15.4. The fraction of sp³-hybridized carbons (Fsp3) is 0.150. The van der Waals surface area contributed by atoms with Crippen molar-refractivity contribution in [3.63, 3.8) is 0 Å². The molecule has 1 N–H and O–H groups in total. The van der Waals surface area contributed by atoms with Crippen LogP contribution in [0.1, 0.15) is 21.8 Å². The number of aromatic nitrogens is 5. The van der Waals surface area contributed by atoms with E-state index >= 15 is 0 Å². The van der Waals surface area contributed by atoms with Crippen molar-refractivity contribution in [3.8, 4) is 17.0 Å². The molecule has 3 heterocycles. The van der Waals surface area contributed by atoms with Gasteiger partial charge in [-0.25, -0.2) is 9.97 Å². The zero-order valence-corrected chi connectivity index (χ0v) is 17.3. The summed E-state index contributed by atoms with van der Waals surface area (Å²) in [5.74, 6) is -0.0386. The molecular formula is C20H15ClF2N6O3. The second-order valence-corrected chi connectivity index (χ2v) is 6.98. The lowest BCUT2D eigenvalue weighted by Crippen LogP contribution is -2.17. The Hall–Kier alpha value is -3.86. The summed E-state index contributed by atoms with van der Waals surface area (Å²) in [5.41, 5.74) is 1.70. The molecule has 0 unspecified atom stereocenters. The molecule has 0 radical (unpaired) electrons. The van der Waals surface area contributed by atoms with Gasteiger partial charge in [0.05, 0.1) is 23.5 Å². The van der Waals surface area contributed by atoms with Crippen LogP contribution in [0.3, 0.4) is 0 Å². The van der Waals surface area contributed by atoms with Crippen LogP contribution in [-0.2, 0) is 6.54 Å². The number of halogens is 3. The Bertz CT molecular complexity index is 1240.